The number of nitrogens with two attached hydrogens (primary N) is 1. The van der Waals surface area contributed by atoms with Crippen molar-refractivity contribution < 1.29 is 14.3 Å². The van der Waals surface area contributed by atoms with E-state index in [1.165, 1.54) is 0 Å². The van der Waals surface area contributed by atoms with Gasteiger partial charge in [0.05, 0.1) is 0 Å². The summed E-state index contributed by atoms with van der Waals surface area (Å²) in [5.74, 6) is -0.861. The highest BCUT2D eigenvalue weighted by molar-refractivity contribution is 5.95. The lowest BCUT2D eigenvalue weighted by Gasteiger charge is -2.30. The molecule has 0 radical (unpaired) electrons. The second kappa shape index (κ2) is 6.19. The number of carbonyl (C=O) groups excluding carboxylic acids is 2. The van der Waals surface area contributed by atoms with Gasteiger partial charge in [0.2, 0.25) is 5.91 Å². The van der Waals surface area contributed by atoms with Crippen LogP contribution in [0.25, 0.3) is 0 Å². The van der Waals surface area contributed by atoms with Crippen LogP contribution in [-0.4, -0.2) is 30.1 Å². The van der Waals surface area contributed by atoms with Crippen LogP contribution in [0.3, 0.4) is 0 Å². The van der Waals surface area contributed by atoms with Crippen molar-refractivity contribution in [2.45, 2.75) is 53.2 Å². The minimum Gasteiger partial charge on any atom is -0.459 e. The van der Waals surface area contributed by atoms with Crippen molar-refractivity contribution in [2.24, 2.45) is 11.1 Å². The first-order chi connectivity index (χ1) is 8.38. The van der Waals surface area contributed by atoms with Crippen molar-refractivity contribution in [1.29, 1.82) is 0 Å². The van der Waals surface area contributed by atoms with E-state index >= 15 is 0 Å². The van der Waals surface area contributed by atoms with Gasteiger partial charge in [-0.15, -0.1) is 0 Å². The fraction of sp³-hybridized carbons (Fsp3) is 0.714. The third-order valence-electron chi connectivity index (χ3n) is 3.00. The van der Waals surface area contributed by atoms with Gasteiger partial charge in [-0.2, -0.15) is 0 Å². The maximum atomic E-state index is 11.9. The summed E-state index contributed by atoms with van der Waals surface area (Å²) in [6, 6.07) is -0.215. The number of rotatable bonds is 5. The number of hydrogen-bond acceptors (Lipinski definition) is 4. The number of carbonyl (C=O) groups is 2. The standard InChI is InChI=1S/C14H26N2O3/c1-9(14(6,7)10(2)15)12(18)16-8-11(17)19-13(3,4)5/h10H,1,8,15H2,2-7H3,(H,16,18)/t10-/m0/s1. The quantitative estimate of drug-likeness (QED) is 0.584. The van der Waals surface area contributed by atoms with Crippen LogP contribution in [0.1, 0.15) is 41.5 Å². The summed E-state index contributed by atoms with van der Waals surface area (Å²) in [6.45, 7) is 14.4. The van der Waals surface area contributed by atoms with Crippen LogP contribution in [0.2, 0.25) is 0 Å². The summed E-state index contributed by atoms with van der Waals surface area (Å²) in [5.41, 5.74) is 5.07. The molecule has 0 aromatic heterocycles. The van der Waals surface area contributed by atoms with Gasteiger partial charge in [0.25, 0.3) is 0 Å². The second-order valence-electron chi connectivity index (χ2n) is 6.26. The number of nitrogens with one attached hydrogen (secondary N) is 1. The molecule has 0 spiro atoms. The molecule has 1 amide bonds. The smallest absolute Gasteiger partial charge is 0.325 e. The molecule has 5 nitrogen and oxygen atoms in total. The number of amides is 1. The minimum absolute atomic E-state index is 0.176. The van der Waals surface area contributed by atoms with E-state index < -0.39 is 17.0 Å². The maximum Gasteiger partial charge on any atom is 0.325 e. The monoisotopic (exact) mass is 270 g/mol. The average Bonchev–Trinajstić information content (AvgIpc) is 2.22. The molecule has 0 heterocycles. The second-order valence-corrected chi connectivity index (χ2v) is 6.26. The Morgan fingerprint density at radius 1 is 1.26 bits per heavy atom. The van der Waals surface area contributed by atoms with Crippen molar-refractivity contribution in [1.82, 2.24) is 5.32 Å². The SMILES string of the molecule is C=C(C(=O)NCC(=O)OC(C)(C)C)C(C)(C)[C@H](C)N. The summed E-state index contributed by atoms with van der Waals surface area (Å²) in [7, 11) is 0. The molecule has 0 unspecified atom stereocenters. The van der Waals surface area contributed by atoms with Crippen LogP contribution in [0.4, 0.5) is 0 Å². The Morgan fingerprint density at radius 3 is 2.11 bits per heavy atom. The molecule has 0 bridgehead atoms. The molecule has 19 heavy (non-hydrogen) atoms. The number of esters is 1. The van der Waals surface area contributed by atoms with Crippen LogP contribution in [0.15, 0.2) is 12.2 Å². The fourth-order valence-electron chi connectivity index (χ4n) is 1.20. The molecule has 1 atom stereocenters. The lowest BCUT2D eigenvalue weighted by atomic mass is 9.78. The van der Waals surface area contributed by atoms with Gasteiger partial charge in [-0.1, -0.05) is 20.4 Å². The maximum absolute atomic E-state index is 11.9. The third kappa shape index (κ3) is 5.87. The lowest BCUT2D eigenvalue weighted by Crippen LogP contribution is -2.43. The Morgan fingerprint density at radius 2 is 1.74 bits per heavy atom. The van der Waals surface area contributed by atoms with Crippen LogP contribution in [-0.2, 0) is 14.3 Å². The fourth-order valence-corrected chi connectivity index (χ4v) is 1.20. The molecular weight excluding hydrogens is 244 g/mol. The Balaban J connectivity index is 4.42. The van der Waals surface area contributed by atoms with E-state index in [1.54, 1.807) is 20.8 Å². The molecular formula is C14H26N2O3. The minimum atomic E-state index is -0.566. The first kappa shape index (κ1) is 17.6. The summed E-state index contributed by atoms with van der Waals surface area (Å²) >= 11 is 0. The highest BCUT2D eigenvalue weighted by atomic mass is 16.6. The third-order valence-corrected chi connectivity index (χ3v) is 3.00. The van der Waals surface area contributed by atoms with Gasteiger partial charge >= 0.3 is 5.97 Å². The van der Waals surface area contributed by atoms with E-state index in [4.69, 9.17) is 10.5 Å². The molecule has 0 aromatic rings. The summed E-state index contributed by atoms with van der Waals surface area (Å²) in [4.78, 5) is 23.4. The van der Waals surface area contributed by atoms with Crippen molar-refractivity contribution in [3.63, 3.8) is 0 Å². The highest BCUT2D eigenvalue weighted by Gasteiger charge is 2.31. The average molecular weight is 270 g/mol. The van der Waals surface area contributed by atoms with E-state index in [2.05, 4.69) is 11.9 Å². The molecule has 0 saturated heterocycles. The zero-order valence-corrected chi connectivity index (χ0v) is 12.8. The van der Waals surface area contributed by atoms with E-state index in [0.29, 0.717) is 5.57 Å². The van der Waals surface area contributed by atoms with Crippen LogP contribution in [0, 0.1) is 5.41 Å². The summed E-state index contributed by atoms with van der Waals surface area (Å²) in [6.07, 6.45) is 0. The van der Waals surface area contributed by atoms with E-state index in [1.807, 2.05) is 20.8 Å². The number of hydrogen-bond donors (Lipinski definition) is 2. The van der Waals surface area contributed by atoms with Crippen LogP contribution in [0.5, 0.6) is 0 Å². The molecule has 0 saturated carbocycles. The zero-order valence-electron chi connectivity index (χ0n) is 12.8. The molecule has 0 aromatic carbocycles. The predicted octanol–water partition coefficient (Wildman–Crippen LogP) is 1.37. The first-order valence-corrected chi connectivity index (χ1v) is 6.33. The van der Waals surface area contributed by atoms with E-state index in [9.17, 15) is 9.59 Å². The van der Waals surface area contributed by atoms with Gasteiger partial charge in [-0.25, -0.2) is 0 Å². The van der Waals surface area contributed by atoms with Gasteiger partial charge in [0.15, 0.2) is 0 Å². The first-order valence-electron chi connectivity index (χ1n) is 6.33. The van der Waals surface area contributed by atoms with Crippen molar-refractivity contribution in [2.75, 3.05) is 6.54 Å². The summed E-state index contributed by atoms with van der Waals surface area (Å²) < 4.78 is 5.09. The Labute approximate surface area is 115 Å². The number of ether oxygens (including phenoxy) is 1. The largest absolute Gasteiger partial charge is 0.459 e. The van der Waals surface area contributed by atoms with Gasteiger partial charge in [0, 0.05) is 17.0 Å². The molecule has 110 valence electrons. The van der Waals surface area contributed by atoms with Crippen molar-refractivity contribution in [3.8, 4) is 0 Å². The van der Waals surface area contributed by atoms with Crippen molar-refractivity contribution in [3.05, 3.63) is 12.2 Å². The van der Waals surface area contributed by atoms with Crippen LogP contribution >= 0.6 is 0 Å². The Hall–Kier alpha value is -1.36. The molecule has 0 aliphatic heterocycles. The molecule has 5 heteroatoms. The molecule has 0 aliphatic carbocycles. The molecule has 0 rings (SSSR count). The topological polar surface area (TPSA) is 81.4 Å². The summed E-state index contributed by atoms with van der Waals surface area (Å²) in [5, 5.41) is 2.50. The molecule has 0 fully saturated rings. The molecule has 3 N–H and O–H groups in total. The Bertz CT molecular complexity index is 365. The predicted molar refractivity (Wildman–Crippen MR) is 75.4 cm³/mol. The van der Waals surface area contributed by atoms with E-state index in [-0.39, 0.29) is 18.5 Å². The zero-order chi connectivity index (χ0) is 15.4. The van der Waals surface area contributed by atoms with Crippen LogP contribution < -0.4 is 11.1 Å². The van der Waals surface area contributed by atoms with Gasteiger partial charge < -0.3 is 15.8 Å². The Kier molecular flexibility index (Phi) is 5.75. The van der Waals surface area contributed by atoms with Gasteiger partial charge in [0.1, 0.15) is 12.1 Å². The normalized spacial score (nSPS) is 13.6. The van der Waals surface area contributed by atoms with Gasteiger partial charge in [-0.05, 0) is 27.7 Å². The highest BCUT2D eigenvalue weighted by Crippen LogP contribution is 2.27. The van der Waals surface area contributed by atoms with E-state index in [0.717, 1.165) is 0 Å². The van der Waals surface area contributed by atoms with Gasteiger partial charge in [-0.3, -0.25) is 9.59 Å². The van der Waals surface area contributed by atoms with Crippen molar-refractivity contribution >= 4 is 11.9 Å². The molecule has 0 aliphatic rings. The lowest BCUT2D eigenvalue weighted by molar-refractivity contribution is -0.154.